The number of para-hydroxylation sites is 1. The smallest absolute Gasteiger partial charge is 0.278 e. The molecule has 0 saturated carbocycles. The largest absolute Gasteiger partial charge is 0.444 e. The van der Waals surface area contributed by atoms with Crippen LogP contribution in [0.2, 0.25) is 5.02 Å². The Morgan fingerprint density at radius 1 is 1.11 bits per heavy atom. The Hall–Kier alpha value is -5.23. The summed E-state index contributed by atoms with van der Waals surface area (Å²) < 4.78 is 35.6. The van der Waals surface area contributed by atoms with Crippen molar-refractivity contribution in [3.8, 4) is 11.5 Å². The highest BCUT2D eigenvalue weighted by molar-refractivity contribution is 6.30. The van der Waals surface area contributed by atoms with Crippen LogP contribution in [0.3, 0.4) is 0 Å². The maximum absolute atomic E-state index is 14.9. The number of rotatable bonds is 8. The van der Waals surface area contributed by atoms with E-state index in [0.29, 0.717) is 40.9 Å². The van der Waals surface area contributed by atoms with Crippen LogP contribution in [0.15, 0.2) is 72.8 Å². The fourth-order valence-electron chi connectivity index (χ4n) is 7.62. The van der Waals surface area contributed by atoms with Gasteiger partial charge in [-0.25, -0.2) is 9.37 Å². The van der Waals surface area contributed by atoms with Crippen LogP contribution in [0.25, 0.3) is 27.5 Å². The Kier molecular flexibility index (Phi) is 8.25. The third-order valence-corrected chi connectivity index (χ3v) is 10.8. The van der Waals surface area contributed by atoms with Crippen molar-refractivity contribution < 1.29 is 23.4 Å². The molecule has 5 heterocycles. The fourth-order valence-corrected chi connectivity index (χ4v) is 7.77. The van der Waals surface area contributed by atoms with Crippen molar-refractivity contribution in [1.82, 2.24) is 24.6 Å². The van der Waals surface area contributed by atoms with Gasteiger partial charge < -0.3 is 24.1 Å². The number of amides is 1. The van der Waals surface area contributed by atoms with E-state index in [0.717, 1.165) is 82.7 Å². The number of aryl methyl sites for hydroxylation is 2. The first kappa shape index (κ1) is 33.6. The first-order valence-corrected chi connectivity index (χ1v) is 18.3. The van der Waals surface area contributed by atoms with E-state index in [1.54, 1.807) is 19.1 Å². The summed E-state index contributed by atoms with van der Waals surface area (Å²) in [6.07, 6.45) is 4.18. The zero-order valence-electron chi connectivity index (χ0n) is 29.6. The summed E-state index contributed by atoms with van der Waals surface area (Å²) in [6, 6.07) is 20.0. The lowest BCUT2D eigenvalue weighted by atomic mass is 9.98. The minimum atomic E-state index is -1.31. The van der Waals surface area contributed by atoms with Crippen LogP contribution in [0.4, 0.5) is 10.1 Å². The van der Waals surface area contributed by atoms with Crippen LogP contribution in [0.1, 0.15) is 58.3 Å². The normalized spacial score (nSPS) is 19.8. The van der Waals surface area contributed by atoms with Crippen molar-refractivity contribution in [3.05, 3.63) is 117 Å². The molecule has 4 aromatic carbocycles. The zero-order chi connectivity index (χ0) is 36.4. The van der Waals surface area contributed by atoms with E-state index in [2.05, 4.69) is 31.1 Å². The molecule has 0 spiro atoms. The van der Waals surface area contributed by atoms with Crippen molar-refractivity contribution in [1.29, 1.82) is 0 Å². The molecule has 1 amide bonds. The Morgan fingerprint density at radius 2 is 1.98 bits per heavy atom. The highest BCUT2D eigenvalue weighted by Gasteiger charge is 2.42. The fraction of sp³-hybridized carbons (Fsp3) is 0.293. The predicted octanol–water partition coefficient (Wildman–Crippen LogP) is 8.30. The van der Waals surface area contributed by atoms with Crippen molar-refractivity contribution in [2.45, 2.75) is 58.6 Å². The second kappa shape index (κ2) is 13.0. The number of H-pyrrole nitrogens is 1. The van der Waals surface area contributed by atoms with Gasteiger partial charge in [0.1, 0.15) is 11.6 Å². The van der Waals surface area contributed by atoms with Gasteiger partial charge in [0, 0.05) is 53.8 Å². The van der Waals surface area contributed by atoms with Crippen LogP contribution >= 0.6 is 11.6 Å². The number of hydrogen-bond acceptors (Lipinski definition) is 7. The van der Waals surface area contributed by atoms with E-state index in [-0.39, 0.29) is 17.6 Å². The molecule has 9 rings (SSSR count). The van der Waals surface area contributed by atoms with E-state index >= 15 is 0 Å². The molecular weight excluding hydrogens is 695 g/mol. The van der Waals surface area contributed by atoms with Crippen LogP contribution in [0, 0.1) is 19.7 Å². The third kappa shape index (κ3) is 6.12. The number of carbonyl (C=O) groups is 1. The number of nitrogens with zero attached hydrogens (tertiary/aromatic N) is 4. The molecule has 270 valence electrons. The molecule has 12 heteroatoms. The number of halogens is 2. The third-order valence-electron chi connectivity index (χ3n) is 10.6. The Labute approximate surface area is 310 Å². The van der Waals surface area contributed by atoms with Gasteiger partial charge in [-0.1, -0.05) is 29.8 Å². The van der Waals surface area contributed by atoms with Gasteiger partial charge in [0.05, 0.1) is 47.0 Å². The molecule has 3 aliphatic heterocycles. The summed E-state index contributed by atoms with van der Waals surface area (Å²) in [4.78, 5) is 20.9. The van der Waals surface area contributed by atoms with E-state index in [9.17, 15) is 9.18 Å². The summed E-state index contributed by atoms with van der Waals surface area (Å²) in [7, 11) is 0. The second-order valence-electron chi connectivity index (χ2n) is 14.2. The summed E-state index contributed by atoms with van der Waals surface area (Å²) >= 11 is 6.01. The van der Waals surface area contributed by atoms with Crippen molar-refractivity contribution in [2.75, 3.05) is 25.0 Å². The number of imidazole rings is 1. The Balaban J connectivity index is 0.939. The van der Waals surface area contributed by atoms with Gasteiger partial charge in [-0.3, -0.25) is 14.8 Å². The average Bonchev–Trinajstić information content (AvgIpc) is 3.78. The minimum Gasteiger partial charge on any atom is -0.444 e. The summed E-state index contributed by atoms with van der Waals surface area (Å²) in [5.41, 5.74) is 8.23. The Bertz CT molecular complexity index is 2470. The van der Waals surface area contributed by atoms with Crippen molar-refractivity contribution in [3.63, 3.8) is 0 Å². The molecule has 2 unspecified atom stereocenters. The highest BCUT2D eigenvalue weighted by Crippen LogP contribution is 2.49. The van der Waals surface area contributed by atoms with Crippen molar-refractivity contribution >= 4 is 50.7 Å². The first-order chi connectivity index (χ1) is 25.6. The molecule has 0 aliphatic carbocycles. The van der Waals surface area contributed by atoms with Gasteiger partial charge in [-0.2, -0.15) is 5.10 Å². The lowest BCUT2D eigenvalue weighted by Crippen LogP contribution is -2.33. The molecule has 10 nitrogen and oxygen atoms in total. The van der Waals surface area contributed by atoms with Crippen LogP contribution in [-0.2, 0) is 23.6 Å². The number of carbonyl (C=O) groups excluding carboxylic acids is 1. The van der Waals surface area contributed by atoms with Crippen LogP contribution < -0.4 is 14.8 Å². The second-order valence-corrected chi connectivity index (χ2v) is 14.7. The lowest BCUT2D eigenvalue weighted by molar-refractivity contribution is -0.0708. The number of aromatic nitrogens is 4. The highest BCUT2D eigenvalue weighted by atomic mass is 35.5. The maximum Gasteiger partial charge on any atom is 0.278 e. The predicted molar refractivity (Wildman–Crippen MR) is 202 cm³/mol. The van der Waals surface area contributed by atoms with Gasteiger partial charge >= 0.3 is 0 Å². The summed E-state index contributed by atoms with van der Waals surface area (Å²) in [5.74, 6) is 0.163. The molecule has 0 bridgehead atoms. The van der Waals surface area contributed by atoms with Gasteiger partial charge in [-0.15, -0.1) is 0 Å². The molecule has 3 aliphatic rings. The molecule has 0 radical (unpaired) electrons. The molecule has 6 aromatic rings. The van der Waals surface area contributed by atoms with E-state index < -0.39 is 11.6 Å². The van der Waals surface area contributed by atoms with Crippen LogP contribution in [-0.4, -0.2) is 56.4 Å². The van der Waals surface area contributed by atoms with E-state index in [1.165, 1.54) is 6.07 Å². The number of aromatic amines is 1. The van der Waals surface area contributed by atoms with Crippen molar-refractivity contribution in [2.24, 2.45) is 0 Å². The zero-order valence-corrected chi connectivity index (χ0v) is 30.4. The summed E-state index contributed by atoms with van der Waals surface area (Å²) in [6.45, 7) is 9.29. The standard InChI is InChI=1S/C41H38ClFN6O4/c1-23-17-26(18-31-24(2)46-47-38(23)31)40(50)44-28-8-10-35-34(20-28)45-37(49(35)21-29-13-16-51-29)22-48-14-11-25(12-15-48)30-5-4-6-36-39(30)53-41(3,52-36)32-9-7-27(42)19-33(32)43/h4-11,17-20,29H,12-16,21-22H2,1-3H3,(H,44,50)(H,46,47). The van der Waals surface area contributed by atoms with Crippen LogP contribution in [0.5, 0.6) is 11.5 Å². The molecule has 2 aromatic heterocycles. The van der Waals surface area contributed by atoms with E-state index in [4.69, 9.17) is 30.8 Å². The quantitative estimate of drug-likeness (QED) is 0.162. The number of benzene rings is 4. The molecular formula is C41H38ClFN6O4. The van der Waals surface area contributed by atoms with Gasteiger partial charge in [0.2, 0.25) is 0 Å². The number of nitrogens with one attached hydrogen (secondary N) is 2. The summed E-state index contributed by atoms with van der Waals surface area (Å²) in [5, 5.41) is 11.7. The Morgan fingerprint density at radius 3 is 2.75 bits per heavy atom. The molecule has 1 saturated heterocycles. The SMILES string of the molecule is Cc1n[nH]c2c(C)cc(C(=O)Nc3ccc4c(c3)nc(CN3CC=C(c5cccc6c5OC(C)(c5ccc(Cl)cc5F)O6)CC3)n4CC3CCO3)cc12. The van der Waals surface area contributed by atoms with E-state index in [1.807, 2.05) is 62.4 Å². The maximum atomic E-state index is 14.9. The minimum absolute atomic E-state index is 0.150. The van der Waals surface area contributed by atoms with Gasteiger partial charge in [0.25, 0.3) is 11.7 Å². The lowest BCUT2D eigenvalue weighted by Gasteiger charge is -2.29. The molecule has 2 N–H and O–H groups in total. The number of anilines is 1. The average molecular weight is 733 g/mol. The molecule has 53 heavy (non-hydrogen) atoms. The number of hydrogen-bond donors (Lipinski definition) is 2. The first-order valence-electron chi connectivity index (χ1n) is 17.9. The monoisotopic (exact) mass is 732 g/mol. The topological polar surface area (TPSA) is 107 Å². The molecule has 1 fully saturated rings. The van der Waals surface area contributed by atoms with Gasteiger partial charge in [0.15, 0.2) is 11.5 Å². The number of ether oxygens (including phenoxy) is 3. The molecule has 2 atom stereocenters. The van der Waals surface area contributed by atoms with Gasteiger partial charge in [-0.05, 0) is 92.4 Å². The number of fused-ring (bicyclic) bond motifs is 3.